The minimum absolute atomic E-state index is 0.701. The molecule has 2 heteroatoms. The van der Waals surface area contributed by atoms with Gasteiger partial charge in [0.2, 0.25) is 0 Å². The highest BCUT2D eigenvalue weighted by molar-refractivity contribution is 9.09. The first-order valence-electron chi connectivity index (χ1n) is 3.97. The van der Waals surface area contributed by atoms with Crippen molar-refractivity contribution in [1.29, 1.82) is 0 Å². The zero-order valence-corrected chi connectivity index (χ0v) is 7.88. The lowest BCUT2D eigenvalue weighted by Crippen LogP contribution is -2.22. The number of benzene rings is 1. The summed E-state index contributed by atoms with van der Waals surface area (Å²) < 4.78 is 7.38. The molecule has 1 nitrogen and oxygen atoms in total. The first-order valence-corrected chi connectivity index (χ1v) is 4.31. The fourth-order valence-electron chi connectivity index (χ4n) is 0.839. The van der Waals surface area contributed by atoms with Crippen LogP contribution in [0.2, 0.25) is 0 Å². The highest BCUT2D eigenvalue weighted by Gasteiger charge is 2.20. The van der Waals surface area contributed by atoms with Gasteiger partial charge in [0.25, 0.3) is 0 Å². The predicted octanol–water partition coefficient (Wildman–Crippen LogP) is 2.29. The van der Waals surface area contributed by atoms with Gasteiger partial charge in [-0.05, 0) is 12.5 Å². The highest BCUT2D eigenvalue weighted by atomic mass is 79.9. The van der Waals surface area contributed by atoms with E-state index >= 15 is 0 Å². The van der Waals surface area contributed by atoms with Crippen LogP contribution in [0.5, 0.6) is 0 Å². The molecule has 1 unspecified atom stereocenters. The number of rotatable bonds is 2. The van der Waals surface area contributed by atoms with Crippen molar-refractivity contribution in [2.45, 2.75) is 12.5 Å². The van der Waals surface area contributed by atoms with E-state index in [2.05, 4.69) is 15.9 Å². The third kappa shape index (κ3) is 2.04. The molecule has 0 aliphatic rings. The number of hydrogen-bond donors (Lipinski definition) is 1. The second kappa shape index (κ2) is 3.37. The van der Waals surface area contributed by atoms with Gasteiger partial charge in [-0.3, -0.25) is 0 Å². The fraction of sp³-hybridized carbons (Fsp3) is 0.333. The number of hydrogen-bond acceptors (Lipinski definition) is 1. The smallest absolute Gasteiger partial charge is 0.0964 e. The van der Waals surface area contributed by atoms with Gasteiger partial charge in [-0.1, -0.05) is 46.3 Å². The molecule has 0 saturated carbocycles. The van der Waals surface area contributed by atoms with Crippen LogP contribution in [0.1, 0.15) is 13.9 Å². The standard InChI is InChI=1S/C9H11BrO/c1-9(11,7-10)8-5-3-2-4-6-8/h2-6,11H,7H2,1H3/i7D/t7-,9?/m1/s1. The largest absolute Gasteiger partial charge is 0.385 e. The Morgan fingerprint density at radius 2 is 2.09 bits per heavy atom. The van der Waals surface area contributed by atoms with E-state index in [1.807, 2.05) is 30.3 Å². The van der Waals surface area contributed by atoms with Gasteiger partial charge in [0.15, 0.2) is 0 Å². The maximum absolute atomic E-state index is 9.83. The lowest BCUT2D eigenvalue weighted by atomic mass is 9.99. The Bertz CT molecular complexity index is 246. The van der Waals surface area contributed by atoms with E-state index in [1.54, 1.807) is 6.92 Å². The van der Waals surface area contributed by atoms with E-state index in [4.69, 9.17) is 1.37 Å². The highest BCUT2D eigenvalue weighted by Crippen LogP contribution is 2.21. The Balaban J connectivity index is 2.98. The molecule has 1 rings (SSSR count). The van der Waals surface area contributed by atoms with E-state index in [9.17, 15) is 5.11 Å². The lowest BCUT2D eigenvalue weighted by molar-refractivity contribution is 0.0853. The van der Waals surface area contributed by atoms with Crippen molar-refractivity contribution in [1.82, 2.24) is 0 Å². The van der Waals surface area contributed by atoms with Crippen molar-refractivity contribution in [2.75, 3.05) is 5.31 Å². The first-order chi connectivity index (χ1) is 5.55. The Hall–Kier alpha value is -0.340. The molecule has 0 heterocycles. The third-order valence-corrected chi connectivity index (χ3v) is 2.46. The summed E-state index contributed by atoms with van der Waals surface area (Å²) in [6, 6.07) is 9.19. The van der Waals surface area contributed by atoms with Gasteiger partial charge in [0.1, 0.15) is 0 Å². The second-order valence-electron chi connectivity index (χ2n) is 2.62. The van der Waals surface area contributed by atoms with Crippen LogP contribution >= 0.6 is 15.9 Å². The van der Waals surface area contributed by atoms with Gasteiger partial charge in [-0.25, -0.2) is 0 Å². The van der Waals surface area contributed by atoms with Crippen molar-refractivity contribution in [3.63, 3.8) is 0 Å². The molecule has 0 radical (unpaired) electrons. The maximum Gasteiger partial charge on any atom is 0.0964 e. The van der Waals surface area contributed by atoms with E-state index in [-0.39, 0.29) is 0 Å². The van der Waals surface area contributed by atoms with E-state index in [0.29, 0.717) is 0 Å². The molecule has 0 bridgehead atoms. The summed E-state index contributed by atoms with van der Waals surface area (Å²) in [6.45, 7) is 1.62. The molecule has 1 aromatic carbocycles. The molecular formula is C9H11BrO. The Labute approximate surface area is 76.6 Å². The molecule has 0 saturated heterocycles. The molecule has 1 aromatic rings. The average Bonchev–Trinajstić information content (AvgIpc) is 2.06. The summed E-state index contributed by atoms with van der Waals surface area (Å²) in [6.07, 6.45) is 0. The molecule has 0 spiro atoms. The Kier molecular flexibility index (Phi) is 2.24. The van der Waals surface area contributed by atoms with Crippen LogP contribution in [0.4, 0.5) is 0 Å². The van der Waals surface area contributed by atoms with Gasteiger partial charge in [-0.2, -0.15) is 0 Å². The summed E-state index contributed by atoms with van der Waals surface area (Å²) in [7, 11) is 0. The van der Waals surface area contributed by atoms with E-state index in [0.717, 1.165) is 5.56 Å². The monoisotopic (exact) mass is 215 g/mol. The van der Waals surface area contributed by atoms with Crippen LogP contribution < -0.4 is 0 Å². The van der Waals surface area contributed by atoms with Crippen molar-refractivity contribution in [3.05, 3.63) is 35.9 Å². The minimum Gasteiger partial charge on any atom is -0.385 e. The maximum atomic E-state index is 9.83. The van der Waals surface area contributed by atoms with Crippen molar-refractivity contribution < 1.29 is 6.48 Å². The van der Waals surface area contributed by atoms with E-state index < -0.39 is 10.9 Å². The zero-order valence-electron chi connectivity index (χ0n) is 7.29. The normalized spacial score (nSPS) is 20.1. The van der Waals surface area contributed by atoms with Crippen LogP contribution in [0.15, 0.2) is 30.3 Å². The second-order valence-corrected chi connectivity index (χ2v) is 3.08. The Morgan fingerprint density at radius 1 is 1.55 bits per heavy atom. The SMILES string of the molecule is [2H][C@@H](Br)C(C)(O)c1ccccc1. The molecule has 11 heavy (non-hydrogen) atoms. The summed E-state index contributed by atoms with van der Waals surface area (Å²) >= 11 is 3.05. The number of alkyl halides is 1. The van der Waals surface area contributed by atoms with Crippen LogP contribution in [0.25, 0.3) is 0 Å². The van der Waals surface area contributed by atoms with E-state index in [1.165, 1.54) is 0 Å². The van der Waals surface area contributed by atoms with Crippen molar-refractivity contribution in [2.24, 2.45) is 0 Å². The van der Waals surface area contributed by atoms with Gasteiger partial charge in [-0.15, -0.1) is 0 Å². The molecule has 1 N–H and O–H groups in total. The summed E-state index contributed by atoms with van der Waals surface area (Å²) in [4.78, 5) is 0. The first kappa shape index (κ1) is 7.32. The molecule has 2 atom stereocenters. The van der Waals surface area contributed by atoms with Crippen LogP contribution in [-0.4, -0.2) is 10.4 Å². The quantitative estimate of drug-likeness (QED) is 0.752. The van der Waals surface area contributed by atoms with Crippen LogP contribution in [0.3, 0.4) is 0 Å². The van der Waals surface area contributed by atoms with Crippen LogP contribution in [0, 0.1) is 0 Å². The van der Waals surface area contributed by atoms with Gasteiger partial charge in [0, 0.05) is 6.68 Å². The molecule has 0 fully saturated rings. The molecule has 0 aliphatic heterocycles. The fourth-order valence-corrected chi connectivity index (χ4v) is 1.10. The van der Waals surface area contributed by atoms with Crippen molar-refractivity contribution in [3.8, 4) is 0 Å². The number of aliphatic hydroxyl groups is 1. The zero-order chi connectivity index (χ0) is 9.19. The van der Waals surface area contributed by atoms with Crippen LogP contribution in [-0.2, 0) is 5.60 Å². The number of halogens is 1. The van der Waals surface area contributed by atoms with Crippen molar-refractivity contribution >= 4 is 15.9 Å². The Morgan fingerprint density at radius 3 is 2.55 bits per heavy atom. The van der Waals surface area contributed by atoms with Gasteiger partial charge < -0.3 is 5.11 Å². The third-order valence-electron chi connectivity index (χ3n) is 1.57. The minimum atomic E-state index is -1.12. The molecule has 0 aliphatic carbocycles. The predicted molar refractivity (Wildman–Crippen MR) is 49.8 cm³/mol. The average molecular weight is 216 g/mol. The molecule has 0 amide bonds. The van der Waals surface area contributed by atoms with Gasteiger partial charge >= 0.3 is 0 Å². The molecular weight excluding hydrogens is 204 g/mol. The topological polar surface area (TPSA) is 20.2 Å². The van der Waals surface area contributed by atoms with Gasteiger partial charge in [0.05, 0.1) is 5.60 Å². The molecule has 60 valence electrons. The lowest BCUT2D eigenvalue weighted by Gasteiger charge is -2.20. The summed E-state index contributed by atoms with van der Waals surface area (Å²) in [5.74, 6) is 0. The summed E-state index contributed by atoms with van der Waals surface area (Å²) in [5, 5.41) is 9.13. The molecule has 0 aromatic heterocycles. The summed E-state index contributed by atoms with van der Waals surface area (Å²) in [5.41, 5.74) is -0.372.